The molecule has 1 atom stereocenters. The number of hydrogen-bond acceptors (Lipinski definition) is 3. The zero-order valence-electron chi connectivity index (χ0n) is 8.69. The second-order valence-corrected chi connectivity index (χ2v) is 3.65. The summed E-state index contributed by atoms with van der Waals surface area (Å²) >= 11 is 0. The Kier molecular flexibility index (Phi) is 3.46. The highest BCUT2D eigenvalue weighted by Crippen LogP contribution is 2.04. The number of nitrogens with zero attached hydrogens (tertiary/aromatic N) is 2. The molecule has 0 aliphatic carbocycles. The van der Waals surface area contributed by atoms with Crippen molar-refractivity contribution in [1.29, 1.82) is 0 Å². The molecule has 0 saturated carbocycles. The number of carbonyl (C=O) groups is 2. The van der Waals surface area contributed by atoms with Gasteiger partial charge in [0.1, 0.15) is 0 Å². The Hall–Kier alpha value is -1.10. The summed E-state index contributed by atoms with van der Waals surface area (Å²) in [5.41, 5.74) is 5.73. The first-order chi connectivity index (χ1) is 6.56. The molecule has 1 aliphatic rings. The SMILES string of the molecule is CCC(N)CN1CCN(C)C(=O)C1=O. The Morgan fingerprint density at radius 2 is 2.00 bits per heavy atom. The molecular weight excluding hydrogens is 182 g/mol. The molecule has 80 valence electrons. The van der Waals surface area contributed by atoms with Crippen molar-refractivity contribution in [2.75, 3.05) is 26.7 Å². The minimum absolute atomic E-state index is 0.0323. The van der Waals surface area contributed by atoms with Gasteiger partial charge in [-0.25, -0.2) is 0 Å². The van der Waals surface area contributed by atoms with Crippen LogP contribution in [0.25, 0.3) is 0 Å². The molecule has 0 aromatic carbocycles. The van der Waals surface area contributed by atoms with Crippen molar-refractivity contribution in [1.82, 2.24) is 9.80 Å². The Bertz CT molecular complexity index is 242. The number of likely N-dealkylation sites (N-methyl/N-ethyl adjacent to an activating group) is 1. The van der Waals surface area contributed by atoms with Crippen LogP contribution in [-0.2, 0) is 9.59 Å². The third-order valence-electron chi connectivity index (χ3n) is 2.50. The number of hydrogen-bond donors (Lipinski definition) is 1. The lowest BCUT2D eigenvalue weighted by atomic mass is 10.2. The van der Waals surface area contributed by atoms with Crippen LogP contribution in [0.2, 0.25) is 0 Å². The van der Waals surface area contributed by atoms with Crippen molar-refractivity contribution < 1.29 is 9.59 Å². The van der Waals surface area contributed by atoms with Crippen molar-refractivity contribution in [2.24, 2.45) is 5.73 Å². The van der Waals surface area contributed by atoms with Crippen molar-refractivity contribution in [3.8, 4) is 0 Å². The molecule has 0 spiro atoms. The van der Waals surface area contributed by atoms with E-state index in [4.69, 9.17) is 5.73 Å². The predicted octanol–water partition coefficient (Wildman–Crippen LogP) is -0.976. The van der Waals surface area contributed by atoms with Crippen molar-refractivity contribution in [3.05, 3.63) is 0 Å². The van der Waals surface area contributed by atoms with Gasteiger partial charge in [0.25, 0.3) is 0 Å². The van der Waals surface area contributed by atoms with E-state index in [1.807, 2.05) is 6.92 Å². The number of rotatable bonds is 3. The van der Waals surface area contributed by atoms with Crippen LogP contribution in [0.5, 0.6) is 0 Å². The van der Waals surface area contributed by atoms with E-state index in [0.29, 0.717) is 19.6 Å². The molecule has 0 radical (unpaired) electrons. The maximum Gasteiger partial charge on any atom is 0.312 e. The molecule has 0 aromatic heterocycles. The normalized spacial score (nSPS) is 20.2. The second-order valence-electron chi connectivity index (χ2n) is 3.65. The Morgan fingerprint density at radius 1 is 1.36 bits per heavy atom. The average molecular weight is 199 g/mol. The molecule has 2 amide bonds. The van der Waals surface area contributed by atoms with Gasteiger partial charge in [-0.15, -0.1) is 0 Å². The van der Waals surface area contributed by atoms with Crippen LogP contribution in [0.1, 0.15) is 13.3 Å². The summed E-state index contributed by atoms with van der Waals surface area (Å²) in [6.45, 7) is 3.64. The third-order valence-corrected chi connectivity index (χ3v) is 2.50. The highest BCUT2D eigenvalue weighted by Gasteiger charge is 2.30. The van der Waals surface area contributed by atoms with Crippen LogP contribution < -0.4 is 5.73 Å². The van der Waals surface area contributed by atoms with Gasteiger partial charge in [-0.05, 0) is 6.42 Å². The molecule has 1 saturated heterocycles. The summed E-state index contributed by atoms with van der Waals surface area (Å²) in [4.78, 5) is 25.7. The summed E-state index contributed by atoms with van der Waals surface area (Å²) in [6.07, 6.45) is 0.813. The molecular formula is C9H17N3O2. The fourth-order valence-corrected chi connectivity index (χ4v) is 1.36. The molecule has 14 heavy (non-hydrogen) atoms. The molecule has 5 heteroatoms. The van der Waals surface area contributed by atoms with E-state index in [9.17, 15) is 9.59 Å². The van der Waals surface area contributed by atoms with Crippen LogP contribution in [0.4, 0.5) is 0 Å². The maximum atomic E-state index is 11.5. The third kappa shape index (κ3) is 2.23. The summed E-state index contributed by atoms with van der Waals surface area (Å²) in [6, 6.07) is -0.0323. The molecule has 1 rings (SSSR count). The van der Waals surface area contributed by atoms with Crippen molar-refractivity contribution in [3.63, 3.8) is 0 Å². The topological polar surface area (TPSA) is 66.6 Å². The molecule has 1 unspecified atom stereocenters. The van der Waals surface area contributed by atoms with E-state index in [0.717, 1.165) is 6.42 Å². The van der Waals surface area contributed by atoms with Gasteiger partial charge >= 0.3 is 11.8 Å². The Labute approximate surface area is 83.8 Å². The first-order valence-electron chi connectivity index (χ1n) is 4.86. The fourth-order valence-electron chi connectivity index (χ4n) is 1.36. The lowest BCUT2D eigenvalue weighted by molar-refractivity contribution is -0.155. The first-order valence-corrected chi connectivity index (χ1v) is 4.86. The lowest BCUT2D eigenvalue weighted by Gasteiger charge is -2.32. The molecule has 0 bridgehead atoms. The van der Waals surface area contributed by atoms with Gasteiger partial charge in [-0.3, -0.25) is 9.59 Å². The van der Waals surface area contributed by atoms with Crippen LogP contribution in [0.3, 0.4) is 0 Å². The van der Waals surface area contributed by atoms with Gasteiger partial charge in [-0.2, -0.15) is 0 Å². The van der Waals surface area contributed by atoms with Crippen LogP contribution >= 0.6 is 0 Å². The van der Waals surface area contributed by atoms with Crippen LogP contribution in [-0.4, -0.2) is 54.3 Å². The van der Waals surface area contributed by atoms with E-state index in [2.05, 4.69) is 0 Å². The van der Waals surface area contributed by atoms with Crippen LogP contribution in [0.15, 0.2) is 0 Å². The van der Waals surface area contributed by atoms with Gasteiger partial charge in [-0.1, -0.05) is 6.92 Å². The minimum atomic E-state index is -0.431. The largest absolute Gasteiger partial charge is 0.336 e. The molecule has 1 aliphatic heterocycles. The molecule has 2 N–H and O–H groups in total. The zero-order chi connectivity index (χ0) is 10.7. The maximum absolute atomic E-state index is 11.5. The number of carbonyl (C=O) groups excluding carboxylic acids is 2. The lowest BCUT2D eigenvalue weighted by Crippen LogP contribution is -2.55. The second kappa shape index (κ2) is 4.41. The predicted molar refractivity (Wildman–Crippen MR) is 52.5 cm³/mol. The molecule has 0 aromatic rings. The standard InChI is InChI=1S/C9H17N3O2/c1-3-7(10)6-12-5-4-11(2)8(13)9(12)14/h7H,3-6,10H2,1-2H3. The highest BCUT2D eigenvalue weighted by molar-refractivity contribution is 6.35. The van der Waals surface area contributed by atoms with E-state index in [1.165, 1.54) is 9.80 Å². The smallest absolute Gasteiger partial charge is 0.312 e. The minimum Gasteiger partial charge on any atom is -0.336 e. The molecule has 1 heterocycles. The first kappa shape index (κ1) is 11.0. The molecule has 5 nitrogen and oxygen atoms in total. The number of nitrogens with two attached hydrogens (primary N) is 1. The van der Waals surface area contributed by atoms with Gasteiger partial charge in [0, 0.05) is 32.7 Å². The van der Waals surface area contributed by atoms with Crippen molar-refractivity contribution in [2.45, 2.75) is 19.4 Å². The zero-order valence-corrected chi connectivity index (χ0v) is 8.69. The molecule has 1 fully saturated rings. The van der Waals surface area contributed by atoms with E-state index < -0.39 is 11.8 Å². The summed E-state index contributed by atoms with van der Waals surface area (Å²) < 4.78 is 0. The summed E-state index contributed by atoms with van der Waals surface area (Å²) in [5, 5.41) is 0. The quantitative estimate of drug-likeness (QED) is 0.594. The van der Waals surface area contributed by atoms with E-state index in [-0.39, 0.29) is 6.04 Å². The van der Waals surface area contributed by atoms with Gasteiger partial charge in [0.2, 0.25) is 0 Å². The van der Waals surface area contributed by atoms with Crippen LogP contribution in [0, 0.1) is 0 Å². The summed E-state index contributed by atoms with van der Waals surface area (Å²) in [5.74, 6) is -0.859. The number of amides is 2. The summed E-state index contributed by atoms with van der Waals surface area (Å²) in [7, 11) is 1.64. The Balaban J connectivity index is 2.55. The van der Waals surface area contributed by atoms with Gasteiger partial charge in [0.15, 0.2) is 0 Å². The fraction of sp³-hybridized carbons (Fsp3) is 0.778. The average Bonchev–Trinajstić information content (AvgIpc) is 2.19. The monoisotopic (exact) mass is 199 g/mol. The van der Waals surface area contributed by atoms with Crippen molar-refractivity contribution >= 4 is 11.8 Å². The van der Waals surface area contributed by atoms with E-state index in [1.54, 1.807) is 7.05 Å². The van der Waals surface area contributed by atoms with Gasteiger partial charge in [0.05, 0.1) is 0 Å². The van der Waals surface area contributed by atoms with E-state index >= 15 is 0 Å². The van der Waals surface area contributed by atoms with Gasteiger partial charge < -0.3 is 15.5 Å². The number of piperazine rings is 1. The highest BCUT2D eigenvalue weighted by atomic mass is 16.2. The Morgan fingerprint density at radius 3 is 2.57 bits per heavy atom.